The molecule has 2 atom stereocenters. The van der Waals surface area contributed by atoms with Crippen LogP contribution in [0.3, 0.4) is 0 Å². The highest BCUT2D eigenvalue weighted by molar-refractivity contribution is 6.36. The Morgan fingerprint density at radius 2 is 1.61 bits per heavy atom. The molecule has 0 spiro atoms. The zero-order valence-electron chi connectivity index (χ0n) is 18.2. The molecule has 0 aromatic heterocycles. The first kappa shape index (κ1) is 22.3. The minimum Gasteiger partial charge on any atom is -0.379 e. The van der Waals surface area contributed by atoms with Gasteiger partial charge in [-0.25, -0.2) is 0 Å². The molecule has 31 heavy (non-hydrogen) atoms. The first-order valence-electron chi connectivity index (χ1n) is 11.0. The minimum atomic E-state index is -0.226. The van der Waals surface area contributed by atoms with Crippen LogP contribution < -0.4 is 0 Å². The molecule has 2 saturated heterocycles. The van der Waals surface area contributed by atoms with E-state index in [0.717, 1.165) is 44.8 Å². The van der Waals surface area contributed by atoms with Crippen LogP contribution in [0.25, 0.3) is 5.57 Å². The van der Waals surface area contributed by atoms with Crippen molar-refractivity contribution in [3.8, 4) is 0 Å². The molecule has 1 aromatic rings. The average Bonchev–Trinajstić information content (AvgIpc) is 2.99. The third kappa shape index (κ3) is 4.95. The second-order valence-electron chi connectivity index (χ2n) is 8.46. The predicted octanol–water partition coefficient (Wildman–Crippen LogP) is 2.25. The third-order valence-corrected chi connectivity index (χ3v) is 6.22. The highest BCUT2D eigenvalue weighted by atomic mass is 35.5. The largest absolute Gasteiger partial charge is 0.379 e. The highest BCUT2D eigenvalue weighted by Gasteiger charge is 2.42. The van der Waals surface area contributed by atoms with E-state index >= 15 is 0 Å². The summed E-state index contributed by atoms with van der Waals surface area (Å²) in [7, 11) is 0. The summed E-state index contributed by atoms with van der Waals surface area (Å²) in [5, 5.41) is 0.596. The van der Waals surface area contributed by atoms with Crippen LogP contribution >= 0.6 is 11.6 Å². The van der Waals surface area contributed by atoms with Crippen LogP contribution in [0.5, 0.6) is 0 Å². The highest BCUT2D eigenvalue weighted by Crippen LogP contribution is 2.33. The molecule has 3 heterocycles. The summed E-state index contributed by atoms with van der Waals surface area (Å²) in [4.78, 5) is 32.6. The molecule has 0 N–H and O–H groups in total. The van der Waals surface area contributed by atoms with Crippen LogP contribution in [0.2, 0.25) is 5.02 Å². The van der Waals surface area contributed by atoms with E-state index in [2.05, 4.69) is 4.90 Å². The summed E-state index contributed by atoms with van der Waals surface area (Å²) in [5.41, 5.74) is 1.68. The van der Waals surface area contributed by atoms with E-state index in [1.165, 1.54) is 4.90 Å². The van der Waals surface area contributed by atoms with Crippen LogP contribution in [0, 0.1) is 0 Å². The van der Waals surface area contributed by atoms with Gasteiger partial charge in [-0.3, -0.25) is 19.4 Å². The number of carbonyl (C=O) groups excluding carboxylic acids is 2. The number of hydrogen-bond acceptors (Lipinski definition) is 6. The lowest BCUT2D eigenvalue weighted by atomic mass is 10.0. The molecule has 8 heteroatoms. The molecule has 2 fully saturated rings. The van der Waals surface area contributed by atoms with Gasteiger partial charge in [0.2, 0.25) is 0 Å². The van der Waals surface area contributed by atoms with E-state index in [1.54, 1.807) is 12.1 Å². The van der Waals surface area contributed by atoms with Crippen molar-refractivity contribution in [2.45, 2.75) is 32.5 Å². The molecular weight excluding hydrogens is 418 g/mol. The van der Waals surface area contributed by atoms with Crippen molar-refractivity contribution in [2.24, 2.45) is 0 Å². The van der Waals surface area contributed by atoms with Crippen LogP contribution in [-0.4, -0.2) is 91.2 Å². The van der Waals surface area contributed by atoms with E-state index < -0.39 is 0 Å². The van der Waals surface area contributed by atoms with Crippen LogP contribution in [0.15, 0.2) is 30.0 Å². The van der Waals surface area contributed by atoms with Gasteiger partial charge >= 0.3 is 0 Å². The number of carbonyl (C=O) groups is 2. The third-order valence-electron chi connectivity index (χ3n) is 5.97. The molecule has 0 radical (unpaired) electrons. The van der Waals surface area contributed by atoms with E-state index in [4.69, 9.17) is 21.1 Å². The zero-order valence-corrected chi connectivity index (χ0v) is 18.9. The Bertz CT molecular complexity index is 841. The molecule has 0 saturated carbocycles. The molecule has 2 unspecified atom stereocenters. The quantitative estimate of drug-likeness (QED) is 0.623. The molecular formula is C23H30ClN3O4. The van der Waals surface area contributed by atoms with Crippen molar-refractivity contribution >= 4 is 29.0 Å². The number of ether oxygens (including phenoxy) is 2. The van der Waals surface area contributed by atoms with Crippen molar-refractivity contribution < 1.29 is 19.1 Å². The summed E-state index contributed by atoms with van der Waals surface area (Å²) in [5.74, 6) is -0.436. The Labute approximate surface area is 188 Å². The topological polar surface area (TPSA) is 62.3 Å². The average molecular weight is 448 g/mol. The number of nitrogens with zero attached hydrogens (tertiary/aromatic N) is 3. The van der Waals surface area contributed by atoms with Gasteiger partial charge in [-0.2, -0.15) is 0 Å². The summed E-state index contributed by atoms with van der Waals surface area (Å²) >= 11 is 6.06. The van der Waals surface area contributed by atoms with Crippen LogP contribution in [0.4, 0.5) is 0 Å². The maximum atomic E-state index is 13.5. The van der Waals surface area contributed by atoms with Crippen LogP contribution in [-0.2, 0) is 19.1 Å². The second kappa shape index (κ2) is 9.69. The zero-order chi connectivity index (χ0) is 22.0. The van der Waals surface area contributed by atoms with Crippen molar-refractivity contribution in [1.82, 2.24) is 14.7 Å². The van der Waals surface area contributed by atoms with Gasteiger partial charge < -0.3 is 14.4 Å². The standard InChI is InChI=1S/C23H30ClN3O4/c1-16-14-26(15-17(2)31-16)21-20(18-4-6-19(24)7-5-18)22(28)27(23(21)29)9-3-8-25-10-12-30-13-11-25/h4-7,16-17H,3,8-15H2,1-2H3. The lowest BCUT2D eigenvalue weighted by molar-refractivity contribution is -0.138. The summed E-state index contributed by atoms with van der Waals surface area (Å²) < 4.78 is 11.2. The van der Waals surface area contributed by atoms with E-state index in [1.807, 2.05) is 30.9 Å². The van der Waals surface area contributed by atoms with E-state index in [9.17, 15) is 9.59 Å². The van der Waals surface area contributed by atoms with Gasteiger partial charge in [-0.1, -0.05) is 23.7 Å². The Morgan fingerprint density at radius 3 is 2.26 bits per heavy atom. The lowest BCUT2D eigenvalue weighted by Gasteiger charge is -2.37. The van der Waals surface area contributed by atoms with Gasteiger partial charge in [0.15, 0.2) is 0 Å². The number of morpholine rings is 2. The second-order valence-corrected chi connectivity index (χ2v) is 8.90. The summed E-state index contributed by atoms with van der Waals surface area (Å²) in [6.45, 7) is 9.66. The minimum absolute atomic E-state index is 0.0130. The van der Waals surface area contributed by atoms with Gasteiger partial charge in [-0.05, 0) is 38.0 Å². The van der Waals surface area contributed by atoms with Crippen LogP contribution in [0.1, 0.15) is 25.8 Å². The Balaban J connectivity index is 1.56. The van der Waals surface area contributed by atoms with Crippen molar-refractivity contribution in [3.63, 3.8) is 0 Å². The maximum absolute atomic E-state index is 13.5. The van der Waals surface area contributed by atoms with Gasteiger partial charge in [-0.15, -0.1) is 0 Å². The molecule has 2 amide bonds. The fourth-order valence-electron chi connectivity index (χ4n) is 4.57. The number of halogens is 1. The number of hydrogen-bond donors (Lipinski definition) is 0. The van der Waals surface area contributed by atoms with Gasteiger partial charge in [0.1, 0.15) is 5.70 Å². The summed E-state index contributed by atoms with van der Waals surface area (Å²) in [6.07, 6.45) is 0.719. The van der Waals surface area contributed by atoms with E-state index in [-0.39, 0.29) is 24.0 Å². The van der Waals surface area contributed by atoms with Gasteiger partial charge in [0, 0.05) is 44.3 Å². The molecule has 168 valence electrons. The van der Waals surface area contributed by atoms with E-state index in [0.29, 0.717) is 35.9 Å². The SMILES string of the molecule is CC1CN(C2=C(c3ccc(Cl)cc3)C(=O)N(CCCN3CCOCC3)C2=O)CC(C)O1. The number of imide groups is 1. The molecule has 3 aliphatic heterocycles. The Kier molecular flexibility index (Phi) is 6.96. The van der Waals surface area contributed by atoms with Crippen molar-refractivity contribution in [1.29, 1.82) is 0 Å². The lowest BCUT2D eigenvalue weighted by Crippen LogP contribution is -2.47. The van der Waals surface area contributed by atoms with Crippen molar-refractivity contribution in [3.05, 3.63) is 40.5 Å². The van der Waals surface area contributed by atoms with Gasteiger partial charge in [0.05, 0.1) is 31.0 Å². The van der Waals surface area contributed by atoms with Crippen molar-refractivity contribution in [2.75, 3.05) is 52.5 Å². The Morgan fingerprint density at radius 1 is 0.968 bits per heavy atom. The smallest absolute Gasteiger partial charge is 0.277 e. The molecule has 0 aliphatic carbocycles. The maximum Gasteiger partial charge on any atom is 0.277 e. The molecule has 7 nitrogen and oxygen atoms in total. The fourth-order valence-corrected chi connectivity index (χ4v) is 4.70. The number of amides is 2. The molecule has 4 rings (SSSR count). The normalized spacial score (nSPS) is 25.6. The molecule has 0 bridgehead atoms. The first-order valence-corrected chi connectivity index (χ1v) is 11.4. The predicted molar refractivity (Wildman–Crippen MR) is 119 cm³/mol. The first-order chi connectivity index (χ1) is 14.9. The molecule has 3 aliphatic rings. The van der Waals surface area contributed by atoms with Gasteiger partial charge in [0.25, 0.3) is 11.8 Å². The Hall–Kier alpha value is -1.93. The summed E-state index contributed by atoms with van der Waals surface area (Å²) in [6, 6.07) is 7.14. The monoisotopic (exact) mass is 447 g/mol. The number of benzene rings is 1. The molecule has 1 aromatic carbocycles. The number of rotatable bonds is 6. The fraction of sp³-hybridized carbons (Fsp3) is 0.565.